The molecule has 0 bridgehead atoms. The smallest absolute Gasteiger partial charge is 0.253 e. The van der Waals surface area contributed by atoms with E-state index in [4.69, 9.17) is 9.47 Å². The average Bonchev–Trinajstić information content (AvgIpc) is 3.93. The summed E-state index contributed by atoms with van der Waals surface area (Å²) in [5.41, 5.74) is 4.81. The van der Waals surface area contributed by atoms with E-state index in [1.54, 1.807) is 21.1 Å². The number of amides is 8. The highest BCUT2D eigenvalue weighted by Gasteiger charge is 2.62. The number of rotatable bonds is 35. The molecule has 0 radical (unpaired) electrons. The number of hydrazine groups is 1. The van der Waals surface area contributed by atoms with Crippen LogP contribution in [0.5, 0.6) is 0 Å². The minimum atomic E-state index is -1.07. The monoisotopic (exact) mass is 1100 g/mol. The summed E-state index contributed by atoms with van der Waals surface area (Å²) in [6, 6.07) is 8.06. The van der Waals surface area contributed by atoms with E-state index in [-0.39, 0.29) is 108 Å². The van der Waals surface area contributed by atoms with Gasteiger partial charge in [-0.05, 0) is 101 Å². The van der Waals surface area contributed by atoms with Gasteiger partial charge in [0.2, 0.25) is 35.4 Å². The number of imide groups is 1. The van der Waals surface area contributed by atoms with Gasteiger partial charge in [0.05, 0.1) is 42.7 Å². The van der Waals surface area contributed by atoms with Gasteiger partial charge >= 0.3 is 0 Å². The Bertz CT molecular complexity index is 2220. The lowest BCUT2D eigenvalue weighted by Gasteiger charge is -2.36. The van der Waals surface area contributed by atoms with Crippen LogP contribution in [-0.4, -0.2) is 151 Å². The topological polar surface area (TPSA) is 242 Å². The second kappa shape index (κ2) is 32.1. The molecule has 1 saturated heterocycles. The molecule has 442 valence electrons. The van der Waals surface area contributed by atoms with Crippen molar-refractivity contribution in [2.45, 2.75) is 194 Å². The molecule has 2 fully saturated rings. The van der Waals surface area contributed by atoms with Crippen molar-refractivity contribution in [3.63, 3.8) is 0 Å². The summed E-state index contributed by atoms with van der Waals surface area (Å²) >= 11 is 0. The Morgan fingerprint density at radius 3 is 2.03 bits per heavy atom. The molecular weight excluding hydrogens is 1010 g/mol. The standard InChI is InChI=1S/C60H96N8O11/c1-13-32-61-59(77)60(37-45(60)43-23-17-15-18-24-43)63-57(75)42(9)56(79-12)46-25-21-35-67(46)52(73)36-47(78-11)44(40(7)14-2)29-28-41(8)55(74)53(38(3)4)62-58(76)54(39(5)6)66(10)33-22-27-49(70)65-64-48(69)26-19-16-20-34-68-50(71)30-31-51(68)72/h15,17-18,23-24,30-31,38-42,44-47,53-54,56H,13-14,16,19-22,25-29,32-37H2,1-12H3,(H,61,77)(H,62,76)(H,63,75)(H,64,69)(H,65,70)/t40-,41?,42+,44-,45+,46-,47+,53-,54-,56+,60-/m0/s1. The van der Waals surface area contributed by atoms with Crippen molar-refractivity contribution in [1.29, 1.82) is 0 Å². The predicted octanol–water partition coefficient (Wildman–Crippen LogP) is 5.76. The molecule has 1 unspecified atom stereocenters. The fourth-order valence-electron chi connectivity index (χ4n) is 11.6. The van der Waals surface area contributed by atoms with Gasteiger partial charge in [0, 0.05) is 70.7 Å². The summed E-state index contributed by atoms with van der Waals surface area (Å²) in [6.45, 7) is 19.4. The number of nitrogens with one attached hydrogen (secondary N) is 5. The summed E-state index contributed by atoms with van der Waals surface area (Å²) in [5.74, 6) is -3.76. The lowest BCUT2D eigenvalue weighted by atomic mass is 9.79. The first-order valence-electron chi connectivity index (χ1n) is 29.2. The first kappa shape index (κ1) is 66.0. The summed E-state index contributed by atoms with van der Waals surface area (Å²) < 4.78 is 12.2. The zero-order valence-corrected chi connectivity index (χ0v) is 49.5. The van der Waals surface area contributed by atoms with Crippen LogP contribution in [0.2, 0.25) is 0 Å². The molecule has 2 aliphatic heterocycles. The highest BCUT2D eigenvalue weighted by molar-refractivity contribution is 6.12. The van der Waals surface area contributed by atoms with Gasteiger partial charge in [-0.15, -0.1) is 0 Å². The van der Waals surface area contributed by atoms with Crippen molar-refractivity contribution in [2.24, 2.45) is 35.5 Å². The Morgan fingerprint density at radius 1 is 0.797 bits per heavy atom. The number of carbonyl (C=O) groups is 9. The number of methoxy groups -OCH3 is 2. The zero-order valence-electron chi connectivity index (χ0n) is 49.5. The van der Waals surface area contributed by atoms with Gasteiger partial charge in [0.1, 0.15) is 5.54 Å². The van der Waals surface area contributed by atoms with Crippen LogP contribution in [0.15, 0.2) is 42.5 Å². The molecule has 79 heavy (non-hydrogen) atoms. The van der Waals surface area contributed by atoms with Crippen LogP contribution in [-0.2, 0) is 52.6 Å². The third-order valence-electron chi connectivity index (χ3n) is 16.7. The number of likely N-dealkylation sites (N-methyl/N-ethyl adjacent to an activating group) is 1. The average molecular weight is 1110 g/mol. The third-order valence-corrected chi connectivity index (χ3v) is 16.7. The zero-order chi connectivity index (χ0) is 58.6. The molecule has 19 nitrogen and oxygen atoms in total. The van der Waals surface area contributed by atoms with Crippen LogP contribution >= 0.6 is 0 Å². The quantitative estimate of drug-likeness (QED) is 0.0310. The van der Waals surface area contributed by atoms with E-state index < -0.39 is 41.7 Å². The molecule has 11 atom stereocenters. The van der Waals surface area contributed by atoms with Crippen molar-refractivity contribution >= 4 is 53.0 Å². The Morgan fingerprint density at radius 2 is 1.44 bits per heavy atom. The maximum atomic E-state index is 14.5. The second-order valence-electron chi connectivity index (χ2n) is 23.1. The molecule has 8 amide bonds. The van der Waals surface area contributed by atoms with E-state index in [2.05, 4.69) is 40.6 Å². The fraction of sp³-hybridized carbons (Fsp3) is 0.717. The molecule has 0 aromatic heterocycles. The molecule has 4 rings (SSSR count). The van der Waals surface area contributed by atoms with Crippen LogP contribution in [0.1, 0.15) is 164 Å². The van der Waals surface area contributed by atoms with Gasteiger partial charge in [-0.2, -0.15) is 0 Å². The number of Topliss-reactive ketones (excluding diaryl/α,β-unsaturated/α-hetero) is 1. The molecule has 1 aliphatic carbocycles. The van der Waals surface area contributed by atoms with E-state index in [1.165, 1.54) is 12.2 Å². The van der Waals surface area contributed by atoms with Crippen molar-refractivity contribution in [1.82, 2.24) is 41.5 Å². The molecule has 19 heteroatoms. The lowest BCUT2D eigenvalue weighted by Crippen LogP contribution is -2.55. The van der Waals surface area contributed by atoms with E-state index in [0.717, 1.165) is 29.7 Å². The van der Waals surface area contributed by atoms with Crippen LogP contribution in [0.25, 0.3) is 0 Å². The molecule has 5 N–H and O–H groups in total. The lowest BCUT2D eigenvalue weighted by molar-refractivity contribution is -0.143. The van der Waals surface area contributed by atoms with Crippen LogP contribution in [0.4, 0.5) is 0 Å². The largest absolute Gasteiger partial charge is 0.381 e. The number of hydrogen-bond donors (Lipinski definition) is 5. The van der Waals surface area contributed by atoms with Gasteiger partial charge < -0.3 is 30.3 Å². The van der Waals surface area contributed by atoms with Crippen molar-refractivity contribution in [2.75, 3.05) is 47.4 Å². The van der Waals surface area contributed by atoms with Crippen molar-refractivity contribution < 1.29 is 52.6 Å². The molecule has 1 aromatic rings. The maximum absolute atomic E-state index is 14.5. The van der Waals surface area contributed by atoms with E-state index in [1.807, 2.05) is 88.7 Å². The minimum absolute atomic E-state index is 0.0591. The third kappa shape index (κ3) is 18.5. The molecule has 0 spiro atoms. The van der Waals surface area contributed by atoms with E-state index in [0.29, 0.717) is 77.5 Å². The molecule has 1 aromatic carbocycles. The number of hydrogen-bond acceptors (Lipinski definition) is 12. The molecule has 1 saturated carbocycles. The van der Waals surface area contributed by atoms with Crippen molar-refractivity contribution in [3.8, 4) is 0 Å². The first-order valence-corrected chi connectivity index (χ1v) is 29.2. The minimum Gasteiger partial charge on any atom is -0.381 e. The van der Waals surface area contributed by atoms with Gasteiger partial charge in [0.25, 0.3) is 11.8 Å². The van der Waals surface area contributed by atoms with Crippen molar-refractivity contribution in [3.05, 3.63) is 48.0 Å². The summed E-state index contributed by atoms with van der Waals surface area (Å²) in [6.07, 6.45) is 8.59. The summed E-state index contributed by atoms with van der Waals surface area (Å²) in [4.78, 5) is 124. The number of carbonyl (C=O) groups excluding carboxylic acids is 9. The summed E-state index contributed by atoms with van der Waals surface area (Å²) in [7, 11) is 5.01. The van der Waals surface area contributed by atoms with Crippen LogP contribution in [0.3, 0.4) is 0 Å². The van der Waals surface area contributed by atoms with Crippen LogP contribution < -0.4 is 26.8 Å². The molecule has 2 heterocycles. The number of benzene rings is 1. The number of likely N-dealkylation sites (tertiary alicyclic amines) is 1. The normalized spacial score (nSPS) is 21.1. The Kier molecular flexibility index (Phi) is 26.8. The van der Waals surface area contributed by atoms with Crippen LogP contribution in [0, 0.1) is 35.5 Å². The highest BCUT2D eigenvalue weighted by Crippen LogP contribution is 2.52. The Hall–Kier alpha value is -5.53. The fourth-order valence-corrected chi connectivity index (χ4v) is 11.6. The number of ether oxygens (including phenoxy) is 2. The second-order valence-corrected chi connectivity index (χ2v) is 23.1. The predicted molar refractivity (Wildman–Crippen MR) is 302 cm³/mol. The van der Waals surface area contributed by atoms with Gasteiger partial charge in [-0.25, -0.2) is 0 Å². The maximum Gasteiger partial charge on any atom is 0.253 e. The molecule has 3 aliphatic rings. The highest BCUT2D eigenvalue weighted by atomic mass is 16.5. The molecular formula is C60H96N8O11. The van der Waals surface area contributed by atoms with E-state index in [9.17, 15) is 43.2 Å². The van der Waals surface area contributed by atoms with Gasteiger partial charge in [0.15, 0.2) is 5.78 Å². The summed E-state index contributed by atoms with van der Waals surface area (Å²) in [5, 5.41) is 9.24. The number of nitrogens with zero attached hydrogens (tertiary/aromatic N) is 3. The SMILES string of the molecule is CCCNC(=O)[C@]1(NC(=O)[C@H](C)[C@@H](OC)[C@@H]2CCCN2C(=O)C[C@@H](OC)[C@@H](CCC(C)C(=O)[C@@H](NC(=O)[C@H](C(C)C)N(C)CCCC(=O)NNC(=O)CCCCCN2C(=O)C=CC2=O)C(C)C)[C@@H](C)CC)C[C@@H]1c1ccccc1. The number of unbranched alkanes of at least 4 members (excludes halogenated alkanes) is 2. The van der Waals surface area contributed by atoms with E-state index >= 15 is 0 Å². The first-order chi connectivity index (χ1) is 37.6. The Balaban J connectivity index is 1.29. The van der Waals surface area contributed by atoms with Gasteiger partial charge in [-0.3, -0.25) is 63.8 Å². The Labute approximate surface area is 470 Å². The number of ketones is 1. The van der Waals surface area contributed by atoms with Gasteiger partial charge in [-0.1, -0.05) is 105 Å².